The zero-order valence-corrected chi connectivity index (χ0v) is 14.4. The van der Waals surface area contributed by atoms with Gasteiger partial charge in [-0.2, -0.15) is 0 Å². The Balaban J connectivity index is 1.87. The molecule has 7 nitrogen and oxygen atoms in total. The normalized spacial score (nSPS) is 15.7. The molecule has 7 heteroatoms. The summed E-state index contributed by atoms with van der Waals surface area (Å²) in [5.74, 6) is -0.887. The number of nitrogens with zero attached hydrogens (tertiary/aromatic N) is 1. The molecule has 1 fully saturated rings. The summed E-state index contributed by atoms with van der Waals surface area (Å²) in [7, 11) is 1.32. The minimum atomic E-state index is -0.600. The Bertz CT molecular complexity index is 648. The number of rotatable bonds is 5. The molecule has 0 aliphatic carbocycles. The predicted octanol–water partition coefficient (Wildman–Crippen LogP) is 0.850. The van der Waals surface area contributed by atoms with Crippen molar-refractivity contribution in [2.24, 2.45) is 0 Å². The number of morpholine rings is 1. The summed E-state index contributed by atoms with van der Waals surface area (Å²) in [6.07, 6.45) is 2.97. The summed E-state index contributed by atoms with van der Waals surface area (Å²) in [4.78, 5) is 37.2. The fourth-order valence-corrected chi connectivity index (χ4v) is 2.40. The van der Waals surface area contributed by atoms with Gasteiger partial charge in [0.25, 0.3) is 0 Å². The largest absolute Gasteiger partial charge is 0.465 e. The van der Waals surface area contributed by atoms with Crippen LogP contribution in [0.5, 0.6) is 0 Å². The fraction of sp³-hybridized carbons (Fsp3) is 0.389. The maximum atomic E-state index is 12.2. The van der Waals surface area contributed by atoms with Crippen molar-refractivity contribution in [1.82, 2.24) is 10.2 Å². The zero-order chi connectivity index (χ0) is 18.2. The molecule has 25 heavy (non-hydrogen) atoms. The molecule has 1 N–H and O–H groups in total. The van der Waals surface area contributed by atoms with Gasteiger partial charge < -0.3 is 19.7 Å². The first-order chi connectivity index (χ1) is 12.0. The molecule has 0 bridgehead atoms. The number of methoxy groups -OCH3 is 1. The van der Waals surface area contributed by atoms with E-state index in [0.717, 1.165) is 5.56 Å². The van der Waals surface area contributed by atoms with Crippen LogP contribution in [0.3, 0.4) is 0 Å². The van der Waals surface area contributed by atoms with Gasteiger partial charge in [0, 0.05) is 19.2 Å². The molecule has 2 amide bonds. The van der Waals surface area contributed by atoms with Gasteiger partial charge in [-0.1, -0.05) is 12.1 Å². The fourth-order valence-electron chi connectivity index (χ4n) is 2.40. The van der Waals surface area contributed by atoms with Gasteiger partial charge in [-0.15, -0.1) is 0 Å². The van der Waals surface area contributed by atoms with E-state index < -0.39 is 12.0 Å². The summed E-state index contributed by atoms with van der Waals surface area (Å²) < 4.78 is 9.83. The number of carbonyl (C=O) groups excluding carboxylic acids is 3. The van der Waals surface area contributed by atoms with E-state index in [1.165, 1.54) is 13.2 Å². The molecular weight excluding hydrogens is 324 g/mol. The van der Waals surface area contributed by atoms with E-state index in [1.807, 2.05) is 0 Å². The van der Waals surface area contributed by atoms with Crippen LogP contribution in [0, 0.1) is 0 Å². The molecule has 134 valence electrons. The highest BCUT2D eigenvalue weighted by Gasteiger charge is 2.22. The van der Waals surface area contributed by atoms with E-state index in [1.54, 1.807) is 42.2 Å². The average molecular weight is 346 g/mol. The van der Waals surface area contributed by atoms with Crippen LogP contribution in [0.1, 0.15) is 22.8 Å². The van der Waals surface area contributed by atoms with Crippen LogP contribution in [-0.4, -0.2) is 62.1 Å². The van der Waals surface area contributed by atoms with E-state index in [9.17, 15) is 14.4 Å². The second-order valence-corrected chi connectivity index (χ2v) is 5.61. The second-order valence-electron chi connectivity index (χ2n) is 5.61. The topological polar surface area (TPSA) is 84.9 Å². The number of nitrogens with one attached hydrogen (secondary N) is 1. The maximum Gasteiger partial charge on any atom is 0.337 e. The summed E-state index contributed by atoms with van der Waals surface area (Å²) in [6, 6.07) is 6.05. The van der Waals surface area contributed by atoms with Crippen LogP contribution in [0.2, 0.25) is 0 Å². The Morgan fingerprint density at radius 2 is 1.84 bits per heavy atom. The maximum absolute atomic E-state index is 12.2. The number of amides is 2. The molecule has 1 atom stereocenters. The van der Waals surface area contributed by atoms with Crippen molar-refractivity contribution >= 4 is 23.9 Å². The first-order valence-corrected chi connectivity index (χ1v) is 8.04. The molecule has 1 aromatic carbocycles. The quantitative estimate of drug-likeness (QED) is 0.631. The lowest BCUT2D eigenvalue weighted by molar-refractivity contribution is -0.138. The number of hydrogen-bond donors (Lipinski definition) is 1. The standard InChI is InChI=1S/C18H22N2O5/c1-13(17(22)20-9-11-25-12-10-20)19-16(21)8-5-14-3-6-15(7-4-14)18(23)24-2/h3-8,13H,9-12H2,1-2H3,(H,19,21)/b8-5+/t13-/m1/s1. The predicted molar refractivity (Wildman–Crippen MR) is 91.8 cm³/mol. The van der Waals surface area contributed by atoms with Gasteiger partial charge >= 0.3 is 5.97 Å². The highest BCUT2D eigenvalue weighted by Crippen LogP contribution is 2.07. The van der Waals surface area contributed by atoms with Crippen LogP contribution in [0.4, 0.5) is 0 Å². The number of hydrogen-bond acceptors (Lipinski definition) is 5. The monoisotopic (exact) mass is 346 g/mol. The molecule has 1 aromatic rings. The summed E-state index contributed by atoms with van der Waals surface area (Å²) in [5.41, 5.74) is 1.20. The minimum Gasteiger partial charge on any atom is -0.465 e. The van der Waals surface area contributed by atoms with Crippen LogP contribution in [0.15, 0.2) is 30.3 Å². The third-order valence-electron chi connectivity index (χ3n) is 3.81. The highest BCUT2D eigenvalue weighted by molar-refractivity contribution is 5.95. The van der Waals surface area contributed by atoms with E-state index in [2.05, 4.69) is 10.1 Å². The minimum absolute atomic E-state index is 0.118. The first-order valence-electron chi connectivity index (χ1n) is 8.04. The lowest BCUT2D eigenvalue weighted by Crippen LogP contribution is -2.50. The summed E-state index contributed by atoms with van der Waals surface area (Å²) in [5, 5.41) is 2.65. The Hall–Kier alpha value is -2.67. The van der Waals surface area contributed by atoms with Crippen molar-refractivity contribution in [3.8, 4) is 0 Å². The van der Waals surface area contributed by atoms with Gasteiger partial charge in [-0.05, 0) is 30.7 Å². The summed E-state index contributed by atoms with van der Waals surface area (Å²) in [6.45, 7) is 3.79. The van der Waals surface area contributed by atoms with Gasteiger partial charge in [-0.3, -0.25) is 9.59 Å². The SMILES string of the molecule is COC(=O)c1ccc(/C=C/C(=O)N[C@H](C)C(=O)N2CCOCC2)cc1. The molecule has 1 aliphatic rings. The molecular formula is C18H22N2O5. The molecule has 0 spiro atoms. The second kappa shape index (κ2) is 8.98. The smallest absolute Gasteiger partial charge is 0.337 e. The number of esters is 1. The molecule has 0 aromatic heterocycles. The van der Waals surface area contributed by atoms with Crippen molar-refractivity contribution in [3.05, 3.63) is 41.5 Å². The van der Waals surface area contributed by atoms with Crippen LogP contribution in [-0.2, 0) is 19.1 Å². The number of carbonyl (C=O) groups is 3. The van der Waals surface area contributed by atoms with E-state index >= 15 is 0 Å². The third-order valence-corrected chi connectivity index (χ3v) is 3.81. The lowest BCUT2D eigenvalue weighted by atomic mass is 10.1. The Morgan fingerprint density at radius 3 is 2.44 bits per heavy atom. The van der Waals surface area contributed by atoms with Crippen molar-refractivity contribution < 1.29 is 23.9 Å². The van der Waals surface area contributed by atoms with Crippen molar-refractivity contribution in [1.29, 1.82) is 0 Å². The third kappa shape index (κ3) is 5.42. The molecule has 1 heterocycles. The van der Waals surface area contributed by atoms with E-state index in [-0.39, 0.29) is 11.8 Å². The van der Waals surface area contributed by atoms with Gasteiger partial charge in [-0.25, -0.2) is 4.79 Å². The molecule has 0 radical (unpaired) electrons. The van der Waals surface area contributed by atoms with Crippen molar-refractivity contribution in [2.75, 3.05) is 33.4 Å². The first kappa shape index (κ1) is 18.7. The zero-order valence-electron chi connectivity index (χ0n) is 14.4. The lowest BCUT2D eigenvalue weighted by Gasteiger charge is -2.29. The highest BCUT2D eigenvalue weighted by atomic mass is 16.5. The number of ether oxygens (including phenoxy) is 2. The Morgan fingerprint density at radius 1 is 1.20 bits per heavy atom. The van der Waals surface area contributed by atoms with Crippen molar-refractivity contribution in [3.63, 3.8) is 0 Å². The Kier molecular flexibility index (Phi) is 6.71. The van der Waals surface area contributed by atoms with E-state index in [4.69, 9.17) is 4.74 Å². The summed E-state index contributed by atoms with van der Waals surface area (Å²) >= 11 is 0. The van der Waals surface area contributed by atoms with Crippen LogP contribution < -0.4 is 5.32 Å². The van der Waals surface area contributed by atoms with Crippen LogP contribution in [0.25, 0.3) is 6.08 Å². The number of benzene rings is 1. The van der Waals surface area contributed by atoms with Crippen molar-refractivity contribution in [2.45, 2.75) is 13.0 Å². The molecule has 0 saturated carbocycles. The van der Waals surface area contributed by atoms with E-state index in [0.29, 0.717) is 31.9 Å². The van der Waals surface area contributed by atoms with Gasteiger partial charge in [0.15, 0.2) is 0 Å². The van der Waals surface area contributed by atoms with Crippen LogP contribution >= 0.6 is 0 Å². The Labute approximate surface area is 146 Å². The molecule has 2 rings (SSSR count). The van der Waals surface area contributed by atoms with Gasteiger partial charge in [0.2, 0.25) is 11.8 Å². The van der Waals surface area contributed by atoms with Gasteiger partial charge in [0.05, 0.1) is 25.9 Å². The average Bonchev–Trinajstić information content (AvgIpc) is 2.66. The molecule has 1 aliphatic heterocycles. The van der Waals surface area contributed by atoms with Gasteiger partial charge in [0.1, 0.15) is 6.04 Å². The molecule has 0 unspecified atom stereocenters. The molecule has 1 saturated heterocycles.